The monoisotopic (exact) mass is 310 g/mol. The largest absolute Gasteiger partial charge is 0.492 e. The van der Waals surface area contributed by atoms with E-state index in [0.717, 1.165) is 0 Å². The average molecular weight is 310 g/mol. The van der Waals surface area contributed by atoms with E-state index in [1.54, 1.807) is 20.8 Å². The molecule has 0 radical (unpaired) electrons. The van der Waals surface area contributed by atoms with E-state index in [4.69, 9.17) is 9.47 Å². The van der Waals surface area contributed by atoms with Gasteiger partial charge in [0.2, 0.25) is 0 Å². The van der Waals surface area contributed by atoms with Gasteiger partial charge >= 0.3 is 12.9 Å². The average Bonchev–Trinajstić information content (AvgIpc) is 2.27. The molecule has 21 heavy (non-hydrogen) atoms. The van der Waals surface area contributed by atoms with Crippen LogP contribution in [-0.4, -0.2) is 55.7 Å². The van der Waals surface area contributed by atoms with Crippen LogP contribution in [0, 0.1) is 0 Å². The molecule has 1 saturated heterocycles. The smallest absolute Gasteiger partial charge is 0.460 e. The van der Waals surface area contributed by atoms with Gasteiger partial charge < -0.3 is 27.3 Å². The predicted octanol–water partition coefficient (Wildman–Crippen LogP) is 2.59. The van der Waals surface area contributed by atoms with E-state index in [1.165, 1.54) is 4.90 Å². The van der Waals surface area contributed by atoms with E-state index in [-0.39, 0.29) is 25.1 Å². The summed E-state index contributed by atoms with van der Waals surface area (Å²) in [5, 5.41) is 0. The summed E-state index contributed by atoms with van der Waals surface area (Å²) in [5.74, 6) is -0.320. The van der Waals surface area contributed by atoms with Gasteiger partial charge in [-0.2, -0.15) is 0 Å². The molecule has 4 nitrogen and oxygen atoms in total. The van der Waals surface area contributed by atoms with Gasteiger partial charge in [-0.1, -0.05) is 0 Å². The Balaban J connectivity index is 2.15. The number of carbonyl (C=O) groups is 1. The number of halogens is 3. The van der Waals surface area contributed by atoms with Crippen LogP contribution in [0.2, 0.25) is 0 Å². The zero-order chi connectivity index (χ0) is 16.1. The van der Waals surface area contributed by atoms with E-state index in [2.05, 4.69) is 0 Å². The van der Waals surface area contributed by atoms with Crippen molar-refractivity contribution in [2.45, 2.75) is 51.7 Å². The van der Waals surface area contributed by atoms with E-state index in [1.807, 2.05) is 0 Å². The summed E-state index contributed by atoms with van der Waals surface area (Å²) in [5.41, 5.74) is -0.512. The van der Waals surface area contributed by atoms with Gasteiger partial charge in [0.15, 0.2) is 0 Å². The van der Waals surface area contributed by atoms with Gasteiger partial charge in [-0.25, -0.2) is 0 Å². The lowest BCUT2D eigenvalue weighted by atomic mass is 9.90. The number of likely N-dealkylation sites (tertiary alicyclic amines) is 1. The van der Waals surface area contributed by atoms with Crippen molar-refractivity contribution in [2.24, 2.45) is 0 Å². The van der Waals surface area contributed by atoms with Crippen LogP contribution in [0.3, 0.4) is 0 Å². The second-order valence-electron chi connectivity index (χ2n) is 6.42. The molecule has 1 aliphatic heterocycles. The third-order valence-electron chi connectivity index (χ3n) is 3.08. The molecular weight excluding hydrogens is 286 g/mol. The zero-order valence-corrected chi connectivity index (χ0v) is 12.9. The van der Waals surface area contributed by atoms with E-state index < -0.39 is 19.0 Å². The van der Waals surface area contributed by atoms with Gasteiger partial charge in [0.1, 0.15) is 5.60 Å². The minimum Gasteiger partial charge on any atom is -0.460 e. The van der Waals surface area contributed by atoms with Crippen LogP contribution in [0.15, 0.2) is 0 Å². The van der Waals surface area contributed by atoms with Crippen LogP contribution in [-0.2, 0) is 14.3 Å². The highest BCUT2D eigenvalue weighted by Crippen LogP contribution is 2.18. The molecule has 0 amide bonds. The lowest BCUT2D eigenvalue weighted by Crippen LogP contribution is -2.44. The van der Waals surface area contributed by atoms with Crippen molar-refractivity contribution in [2.75, 3.05) is 26.1 Å². The minimum absolute atomic E-state index is 0.0654. The molecule has 1 fully saturated rings. The molecule has 1 aliphatic rings. The standard InChI is InChI=1S/C13H24BF3NO3/c1-13(2,3)21-12(19)6-9-20-11-4-7-18(8-5-11)10-14(15,16)17/h11H,4-10H2,1-3H3/q-1. The molecule has 0 unspecified atom stereocenters. The Bertz CT molecular complexity index is 337. The van der Waals surface area contributed by atoms with E-state index >= 15 is 0 Å². The summed E-state index contributed by atoms with van der Waals surface area (Å²) in [6.45, 7) is 1.65. The molecular formula is C13H24BF3NO3-. The maximum atomic E-state index is 12.3. The first-order valence-electron chi connectivity index (χ1n) is 7.32. The number of rotatable bonds is 6. The highest BCUT2D eigenvalue weighted by atomic mass is 19.4. The molecule has 0 spiro atoms. The molecule has 0 aromatic heterocycles. The molecule has 0 bridgehead atoms. The van der Waals surface area contributed by atoms with Crippen LogP contribution in [0.4, 0.5) is 12.9 Å². The fourth-order valence-electron chi connectivity index (χ4n) is 2.25. The summed E-state index contributed by atoms with van der Waals surface area (Å²) in [6, 6.07) is 0. The van der Waals surface area contributed by atoms with Crippen LogP contribution < -0.4 is 0 Å². The maximum absolute atomic E-state index is 12.3. The highest BCUT2D eigenvalue weighted by Gasteiger charge is 2.29. The summed E-state index contributed by atoms with van der Waals surface area (Å²) in [4.78, 5) is 12.9. The number of carbonyl (C=O) groups excluding carboxylic acids is 1. The van der Waals surface area contributed by atoms with E-state index in [0.29, 0.717) is 25.9 Å². The predicted molar refractivity (Wildman–Crippen MR) is 75.0 cm³/mol. The van der Waals surface area contributed by atoms with Gasteiger partial charge in [-0.15, -0.1) is 0 Å². The quantitative estimate of drug-likeness (QED) is 0.558. The molecule has 0 aliphatic carbocycles. The lowest BCUT2D eigenvalue weighted by molar-refractivity contribution is -0.156. The van der Waals surface area contributed by atoms with Gasteiger partial charge in [0.25, 0.3) is 0 Å². The highest BCUT2D eigenvalue weighted by molar-refractivity contribution is 6.58. The second kappa shape index (κ2) is 7.49. The Hall–Kier alpha value is -0.755. The van der Waals surface area contributed by atoms with Gasteiger partial charge in [0.05, 0.1) is 19.1 Å². The second-order valence-corrected chi connectivity index (χ2v) is 6.42. The van der Waals surface area contributed by atoms with Gasteiger partial charge in [-0.3, -0.25) is 4.79 Å². The lowest BCUT2D eigenvalue weighted by Gasteiger charge is -2.34. The summed E-state index contributed by atoms with van der Waals surface area (Å²) >= 11 is 0. The van der Waals surface area contributed by atoms with Crippen molar-refractivity contribution in [3.05, 3.63) is 0 Å². The first-order valence-corrected chi connectivity index (χ1v) is 7.32. The van der Waals surface area contributed by atoms with Crippen molar-refractivity contribution in [3.8, 4) is 0 Å². The summed E-state index contributed by atoms with van der Waals surface area (Å²) < 4.78 is 47.6. The Morgan fingerprint density at radius 3 is 2.29 bits per heavy atom. The Labute approximate surface area is 124 Å². The molecule has 8 heteroatoms. The molecule has 124 valence electrons. The zero-order valence-electron chi connectivity index (χ0n) is 12.9. The molecule has 0 saturated carbocycles. The Morgan fingerprint density at radius 2 is 1.81 bits per heavy atom. The summed E-state index contributed by atoms with van der Waals surface area (Å²) in [6.07, 6.45) is 0.443. The van der Waals surface area contributed by atoms with Crippen molar-refractivity contribution >= 4 is 12.9 Å². The number of hydrogen-bond donors (Lipinski definition) is 0. The van der Waals surface area contributed by atoms with Crippen molar-refractivity contribution < 1.29 is 27.2 Å². The van der Waals surface area contributed by atoms with Crippen LogP contribution in [0.5, 0.6) is 0 Å². The number of hydrogen-bond acceptors (Lipinski definition) is 4. The van der Waals surface area contributed by atoms with Gasteiger partial charge in [-0.05, 0) is 53.1 Å². The van der Waals surface area contributed by atoms with E-state index in [9.17, 15) is 17.7 Å². The number of esters is 1. The molecule has 1 rings (SSSR count). The van der Waals surface area contributed by atoms with Crippen LogP contribution in [0.25, 0.3) is 0 Å². The van der Waals surface area contributed by atoms with Gasteiger partial charge in [0, 0.05) is 0 Å². The topological polar surface area (TPSA) is 38.8 Å². The fourth-order valence-corrected chi connectivity index (χ4v) is 2.25. The fraction of sp³-hybridized carbons (Fsp3) is 0.923. The maximum Gasteiger partial charge on any atom is 0.492 e. The molecule has 0 aromatic rings. The normalized spacial score (nSPS) is 18.8. The Kier molecular flexibility index (Phi) is 6.53. The van der Waals surface area contributed by atoms with Crippen molar-refractivity contribution in [1.29, 1.82) is 0 Å². The first-order chi connectivity index (χ1) is 9.55. The molecule has 0 N–H and O–H groups in total. The first kappa shape index (κ1) is 18.3. The van der Waals surface area contributed by atoms with Crippen molar-refractivity contribution in [3.63, 3.8) is 0 Å². The third kappa shape index (κ3) is 8.98. The minimum atomic E-state index is -4.76. The van der Waals surface area contributed by atoms with Crippen LogP contribution >= 0.6 is 0 Å². The number of ether oxygens (including phenoxy) is 2. The van der Waals surface area contributed by atoms with Crippen LogP contribution in [0.1, 0.15) is 40.0 Å². The number of nitrogens with zero attached hydrogens (tertiary/aromatic N) is 1. The SMILES string of the molecule is CC(C)(C)OC(=O)CCOC1CCN(C[B-](F)(F)F)CC1. The summed E-state index contributed by atoms with van der Waals surface area (Å²) in [7, 11) is 0. The number of piperidine rings is 1. The van der Waals surface area contributed by atoms with Crippen molar-refractivity contribution in [1.82, 2.24) is 4.90 Å². The molecule has 0 atom stereocenters. The molecule has 0 aromatic carbocycles. The Morgan fingerprint density at radius 1 is 1.24 bits per heavy atom. The molecule has 1 heterocycles. The third-order valence-corrected chi connectivity index (χ3v) is 3.08.